The Morgan fingerprint density at radius 1 is 1.26 bits per heavy atom. The third kappa shape index (κ3) is 3.68. The summed E-state index contributed by atoms with van der Waals surface area (Å²) in [5.41, 5.74) is 1.18. The van der Waals surface area contributed by atoms with Gasteiger partial charge in [0.2, 0.25) is 5.91 Å². The average Bonchev–Trinajstić information content (AvgIpc) is 3.13. The first kappa shape index (κ1) is 16.3. The lowest BCUT2D eigenvalue weighted by atomic mass is 10.0. The molecule has 2 fully saturated rings. The molecule has 6 heteroatoms. The van der Waals surface area contributed by atoms with E-state index in [1.165, 1.54) is 5.56 Å². The van der Waals surface area contributed by atoms with Gasteiger partial charge in [-0.3, -0.25) is 4.79 Å². The standard InChI is InChI=1S/C17H23NO4S/c1-22-16-6-4-13(5-7-16)11-15-3-2-9-18(15)17(19)14-8-10-23(20,21)12-14/h4-7,14-15H,2-3,8-12H2,1H3/t14-,15+/m1/s1. The van der Waals surface area contributed by atoms with Gasteiger partial charge in [0.05, 0.1) is 24.5 Å². The van der Waals surface area contributed by atoms with Crippen molar-refractivity contribution in [2.24, 2.45) is 5.92 Å². The van der Waals surface area contributed by atoms with Gasteiger partial charge in [-0.1, -0.05) is 12.1 Å². The minimum atomic E-state index is -3.02. The van der Waals surface area contributed by atoms with Crippen LogP contribution in [-0.4, -0.2) is 50.4 Å². The summed E-state index contributed by atoms with van der Waals surface area (Å²) in [5, 5.41) is 0. The van der Waals surface area contributed by atoms with Gasteiger partial charge in [0, 0.05) is 12.6 Å². The van der Waals surface area contributed by atoms with Gasteiger partial charge in [-0.25, -0.2) is 8.42 Å². The predicted molar refractivity (Wildman–Crippen MR) is 88.2 cm³/mol. The molecule has 3 rings (SSSR count). The average molecular weight is 337 g/mol. The summed E-state index contributed by atoms with van der Waals surface area (Å²) in [4.78, 5) is 14.6. The Bertz CT molecular complexity index is 668. The van der Waals surface area contributed by atoms with Crippen LogP contribution in [0.4, 0.5) is 0 Å². The molecule has 1 amide bonds. The Balaban J connectivity index is 1.66. The predicted octanol–water partition coefficient (Wildman–Crippen LogP) is 1.66. The molecule has 2 saturated heterocycles. The number of sulfone groups is 1. The van der Waals surface area contributed by atoms with Crippen LogP contribution < -0.4 is 4.74 Å². The Kier molecular flexibility index (Phi) is 4.62. The van der Waals surface area contributed by atoms with Crippen LogP contribution in [0.1, 0.15) is 24.8 Å². The van der Waals surface area contributed by atoms with Gasteiger partial charge in [-0.05, 0) is 43.4 Å². The van der Waals surface area contributed by atoms with Gasteiger partial charge in [-0.15, -0.1) is 0 Å². The molecule has 0 unspecified atom stereocenters. The smallest absolute Gasteiger partial charge is 0.226 e. The van der Waals surface area contributed by atoms with Gasteiger partial charge in [0.1, 0.15) is 5.75 Å². The second-order valence-electron chi connectivity index (χ2n) is 6.48. The number of hydrogen-bond donors (Lipinski definition) is 0. The highest BCUT2D eigenvalue weighted by Crippen LogP contribution is 2.27. The van der Waals surface area contributed by atoms with Crippen molar-refractivity contribution in [3.63, 3.8) is 0 Å². The quantitative estimate of drug-likeness (QED) is 0.838. The maximum absolute atomic E-state index is 12.7. The van der Waals surface area contributed by atoms with Gasteiger partial charge in [-0.2, -0.15) is 0 Å². The van der Waals surface area contributed by atoms with E-state index >= 15 is 0 Å². The SMILES string of the molecule is COc1ccc(C[C@@H]2CCCN2C(=O)[C@@H]2CCS(=O)(=O)C2)cc1. The van der Waals surface area contributed by atoms with E-state index in [0.29, 0.717) is 6.42 Å². The number of likely N-dealkylation sites (tertiary alicyclic amines) is 1. The summed E-state index contributed by atoms with van der Waals surface area (Å²) in [5.74, 6) is 0.695. The van der Waals surface area contributed by atoms with E-state index in [4.69, 9.17) is 4.74 Å². The fourth-order valence-electron chi connectivity index (χ4n) is 3.60. The highest BCUT2D eigenvalue weighted by Gasteiger charge is 2.38. The minimum absolute atomic E-state index is 0.0254. The van der Waals surface area contributed by atoms with E-state index in [9.17, 15) is 13.2 Å². The minimum Gasteiger partial charge on any atom is -0.497 e. The van der Waals surface area contributed by atoms with Crippen molar-refractivity contribution in [3.8, 4) is 5.75 Å². The van der Waals surface area contributed by atoms with Gasteiger partial charge in [0.15, 0.2) is 9.84 Å². The number of hydrogen-bond acceptors (Lipinski definition) is 4. The Morgan fingerprint density at radius 2 is 2.00 bits per heavy atom. The van der Waals surface area contributed by atoms with Crippen LogP contribution in [0.5, 0.6) is 5.75 Å². The second kappa shape index (κ2) is 6.51. The molecule has 0 saturated carbocycles. The third-order valence-electron chi connectivity index (χ3n) is 4.87. The fraction of sp³-hybridized carbons (Fsp3) is 0.588. The van der Waals surface area contributed by atoms with Crippen molar-refractivity contribution in [2.45, 2.75) is 31.7 Å². The molecule has 0 radical (unpaired) electrons. The second-order valence-corrected chi connectivity index (χ2v) is 8.71. The van der Waals surface area contributed by atoms with E-state index < -0.39 is 9.84 Å². The Hall–Kier alpha value is -1.56. The van der Waals surface area contributed by atoms with Crippen LogP contribution in [-0.2, 0) is 21.1 Å². The molecule has 0 aromatic heterocycles. The summed E-state index contributed by atoms with van der Waals surface area (Å²) in [6, 6.07) is 8.10. The van der Waals surface area contributed by atoms with Crippen molar-refractivity contribution in [2.75, 3.05) is 25.2 Å². The lowest BCUT2D eigenvalue weighted by molar-refractivity contribution is -0.135. The number of methoxy groups -OCH3 is 1. The first-order valence-corrected chi connectivity index (χ1v) is 9.94. The molecule has 1 aromatic carbocycles. The van der Waals surface area contributed by atoms with E-state index in [2.05, 4.69) is 0 Å². The lowest BCUT2D eigenvalue weighted by Crippen LogP contribution is -2.41. The maximum atomic E-state index is 12.7. The Labute approximate surface area is 137 Å². The fourth-order valence-corrected chi connectivity index (χ4v) is 5.33. The molecule has 23 heavy (non-hydrogen) atoms. The van der Waals surface area contributed by atoms with Gasteiger partial charge < -0.3 is 9.64 Å². The maximum Gasteiger partial charge on any atom is 0.226 e. The third-order valence-corrected chi connectivity index (χ3v) is 6.64. The molecule has 0 aliphatic carbocycles. The normalized spacial score (nSPS) is 26.4. The van der Waals surface area contributed by atoms with Gasteiger partial charge in [0.25, 0.3) is 0 Å². The number of rotatable bonds is 4. The molecule has 2 atom stereocenters. The van der Waals surface area contributed by atoms with Crippen molar-refractivity contribution in [1.29, 1.82) is 0 Å². The van der Waals surface area contributed by atoms with Crippen molar-refractivity contribution in [3.05, 3.63) is 29.8 Å². The number of amides is 1. The molecular weight excluding hydrogens is 314 g/mol. The molecule has 0 spiro atoms. The zero-order valence-corrected chi connectivity index (χ0v) is 14.2. The monoisotopic (exact) mass is 337 g/mol. The molecule has 126 valence electrons. The van der Waals surface area contributed by atoms with Crippen LogP contribution >= 0.6 is 0 Å². The number of nitrogens with zero attached hydrogens (tertiary/aromatic N) is 1. The van der Waals surface area contributed by atoms with Crippen molar-refractivity contribution < 1.29 is 17.9 Å². The molecule has 0 bridgehead atoms. The van der Waals surface area contributed by atoms with Crippen molar-refractivity contribution in [1.82, 2.24) is 4.90 Å². The summed E-state index contributed by atoms with van der Waals surface area (Å²) >= 11 is 0. The molecule has 1 aromatic rings. The number of carbonyl (C=O) groups is 1. The van der Waals surface area contributed by atoms with Crippen LogP contribution in [0.3, 0.4) is 0 Å². The number of carbonyl (C=O) groups excluding carboxylic acids is 1. The number of ether oxygens (including phenoxy) is 1. The van der Waals surface area contributed by atoms with Crippen LogP contribution in [0, 0.1) is 5.92 Å². The van der Waals surface area contributed by atoms with Crippen molar-refractivity contribution >= 4 is 15.7 Å². The molecular formula is C17H23NO4S. The number of benzene rings is 1. The van der Waals surface area contributed by atoms with Crippen LogP contribution in [0.25, 0.3) is 0 Å². The van der Waals surface area contributed by atoms with Gasteiger partial charge >= 0.3 is 0 Å². The summed E-state index contributed by atoms with van der Waals surface area (Å²) in [7, 11) is -1.37. The van der Waals surface area contributed by atoms with E-state index in [-0.39, 0.29) is 29.4 Å². The summed E-state index contributed by atoms with van der Waals surface area (Å²) in [6.07, 6.45) is 3.27. The zero-order valence-electron chi connectivity index (χ0n) is 13.4. The molecule has 5 nitrogen and oxygen atoms in total. The zero-order chi connectivity index (χ0) is 16.4. The van der Waals surface area contributed by atoms with Crippen LogP contribution in [0.15, 0.2) is 24.3 Å². The summed E-state index contributed by atoms with van der Waals surface area (Å²) in [6.45, 7) is 0.746. The highest BCUT2D eigenvalue weighted by molar-refractivity contribution is 7.91. The first-order chi connectivity index (χ1) is 11.0. The summed E-state index contributed by atoms with van der Waals surface area (Å²) < 4.78 is 28.4. The Morgan fingerprint density at radius 3 is 2.61 bits per heavy atom. The first-order valence-electron chi connectivity index (χ1n) is 8.12. The lowest BCUT2D eigenvalue weighted by Gasteiger charge is -2.27. The van der Waals surface area contributed by atoms with E-state index in [0.717, 1.165) is 31.6 Å². The molecule has 0 N–H and O–H groups in total. The molecule has 2 aliphatic heterocycles. The van der Waals surface area contributed by atoms with E-state index in [1.807, 2.05) is 29.2 Å². The topological polar surface area (TPSA) is 63.7 Å². The highest BCUT2D eigenvalue weighted by atomic mass is 32.2. The van der Waals surface area contributed by atoms with E-state index in [1.54, 1.807) is 7.11 Å². The molecule has 2 aliphatic rings. The van der Waals surface area contributed by atoms with Crippen LogP contribution in [0.2, 0.25) is 0 Å². The largest absolute Gasteiger partial charge is 0.497 e. The molecule has 2 heterocycles.